The second-order valence-electron chi connectivity index (χ2n) is 7.73. The first kappa shape index (κ1) is 24.4. The summed E-state index contributed by atoms with van der Waals surface area (Å²) in [4.78, 5) is 27.0. The van der Waals surface area contributed by atoms with Crippen LogP contribution in [0.4, 0.5) is 5.69 Å². The summed E-state index contributed by atoms with van der Waals surface area (Å²) in [6.45, 7) is 5.31. The molecule has 2 aromatic carbocycles. The topological polar surface area (TPSA) is 86.8 Å². The first-order chi connectivity index (χ1) is 14.5. The van der Waals surface area contributed by atoms with Crippen molar-refractivity contribution in [3.63, 3.8) is 0 Å². The van der Waals surface area contributed by atoms with Gasteiger partial charge in [0.05, 0.1) is 11.9 Å². The standard InChI is InChI=1S/C23H31N3O4S/c1-17-13-18(2)15-21(14-17)26(31(5,29)30)16-22(27)25(19(3)23(28)24-4)12-11-20-9-7-6-8-10-20/h6-10,13-15,19H,11-12,16H2,1-5H3,(H,24,28)/t19-/m1/s1. The highest BCUT2D eigenvalue weighted by Crippen LogP contribution is 2.22. The predicted molar refractivity (Wildman–Crippen MR) is 123 cm³/mol. The Hall–Kier alpha value is -2.87. The molecule has 0 aromatic heterocycles. The van der Waals surface area contributed by atoms with E-state index in [0.29, 0.717) is 18.7 Å². The first-order valence-electron chi connectivity index (χ1n) is 10.1. The summed E-state index contributed by atoms with van der Waals surface area (Å²) in [5.41, 5.74) is 3.26. The van der Waals surface area contributed by atoms with Crippen LogP contribution in [0, 0.1) is 13.8 Å². The summed E-state index contributed by atoms with van der Waals surface area (Å²) >= 11 is 0. The van der Waals surface area contributed by atoms with Crippen molar-refractivity contribution < 1.29 is 18.0 Å². The average Bonchev–Trinajstić information content (AvgIpc) is 2.70. The Balaban J connectivity index is 2.32. The van der Waals surface area contributed by atoms with E-state index in [4.69, 9.17) is 0 Å². The number of sulfonamides is 1. The molecule has 0 aliphatic rings. The third-order valence-electron chi connectivity index (χ3n) is 5.07. The van der Waals surface area contributed by atoms with Crippen molar-refractivity contribution in [2.45, 2.75) is 33.2 Å². The van der Waals surface area contributed by atoms with Crippen molar-refractivity contribution in [3.8, 4) is 0 Å². The lowest BCUT2D eigenvalue weighted by atomic mass is 10.1. The fourth-order valence-electron chi connectivity index (χ4n) is 3.49. The lowest BCUT2D eigenvalue weighted by Gasteiger charge is -2.31. The van der Waals surface area contributed by atoms with Gasteiger partial charge >= 0.3 is 0 Å². The van der Waals surface area contributed by atoms with Gasteiger partial charge in [-0.3, -0.25) is 13.9 Å². The lowest BCUT2D eigenvalue weighted by Crippen LogP contribution is -2.51. The van der Waals surface area contributed by atoms with E-state index in [1.807, 2.05) is 50.2 Å². The minimum Gasteiger partial charge on any atom is -0.357 e. The molecular formula is C23H31N3O4S. The first-order valence-corrected chi connectivity index (χ1v) is 12.0. The van der Waals surface area contributed by atoms with Crippen molar-refractivity contribution in [2.24, 2.45) is 0 Å². The molecule has 0 radical (unpaired) electrons. The number of aryl methyl sites for hydroxylation is 2. The number of carbonyl (C=O) groups is 2. The largest absolute Gasteiger partial charge is 0.357 e. The molecule has 0 aliphatic carbocycles. The highest BCUT2D eigenvalue weighted by molar-refractivity contribution is 7.92. The zero-order valence-electron chi connectivity index (χ0n) is 18.8. The quantitative estimate of drug-likeness (QED) is 0.642. The SMILES string of the molecule is CNC(=O)[C@@H](C)N(CCc1ccccc1)C(=O)CN(c1cc(C)cc(C)c1)S(C)(=O)=O. The number of rotatable bonds is 9. The molecule has 0 saturated carbocycles. The van der Waals surface area contributed by atoms with Crippen LogP contribution in [-0.4, -0.2) is 57.6 Å². The number of hydrogen-bond donors (Lipinski definition) is 1. The number of benzene rings is 2. The Kier molecular flexibility index (Phi) is 8.21. The molecule has 2 amide bonds. The molecule has 0 saturated heterocycles. The average molecular weight is 446 g/mol. The van der Waals surface area contributed by atoms with Crippen LogP contribution in [0.25, 0.3) is 0 Å². The molecule has 31 heavy (non-hydrogen) atoms. The summed E-state index contributed by atoms with van der Waals surface area (Å²) in [6, 6.07) is 14.3. The molecule has 2 rings (SSSR count). The minimum absolute atomic E-state index is 0.294. The molecule has 1 atom stereocenters. The molecule has 168 valence electrons. The number of amides is 2. The van der Waals surface area contributed by atoms with Gasteiger partial charge in [0.25, 0.3) is 0 Å². The van der Waals surface area contributed by atoms with Gasteiger partial charge in [-0.25, -0.2) is 8.42 Å². The number of nitrogens with zero attached hydrogens (tertiary/aromatic N) is 2. The van der Waals surface area contributed by atoms with Crippen LogP contribution >= 0.6 is 0 Å². The fourth-order valence-corrected chi connectivity index (χ4v) is 4.32. The Labute approximate surface area is 185 Å². The summed E-state index contributed by atoms with van der Waals surface area (Å²) in [6.07, 6.45) is 1.63. The number of likely N-dealkylation sites (N-methyl/N-ethyl adjacent to an activating group) is 1. The van der Waals surface area contributed by atoms with Crippen LogP contribution in [0.3, 0.4) is 0 Å². The normalized spacial score (nSPS) is 12.2. The van der Waals surface area contributed by atoms with Crippen molar-refractivity contribution in [1.82, 2.24) is 10.2 Å². The molecule has 0 unspecified atom stereocenters. The Morgan fingerprint density at radius 1 is 1.03 bits per heavy atom. The highest BCUT2D eigenvalue weighted by Gasteiger charge is 2.29. The van der Waals surface area contributed by atoms with Gasteiger partial charge in [0.1, 0.15) is 12.6 Å². The second kappa shape index (κ2) is 10.4. The van der Waals surface area contributed by atoms with E-state index in [1.54, 1.807) is 19.1 Å². The van der Waals surface area contributed by atoms with Gasteiger partial charge in [0.15, 0.2) is 0 Å². The number of carbonyl (C=O) groups excluding carboxylic acids is 2. The van der Waals surface area contributed by atoms with Crippen LogP contribution < -0.4 is 9.62 Å². The molecule has 0 aliphatic heterocycles. The minimum atomic E-state index is -3.71. The third kappa shape index (κ3) is 6.82. The predicted octanol–water partition coefficient (Wildman–Crippen LogP) is 2.28. The second-order valence-corrected chi connectivity index (χ2v) is 9.64. The molecule has 8 heteroatoms. The van der Waals surface area contributed by atoms with Crippen molar-refractivity contribution in [3.05, 3.63) is 65.2 Å². The van der Waals surface area contributed by atoms with Crippen LogP contribution in [0.15, 0.2) is 48.5 Å². The smallest absolute Gasteiger partial charge is 0.244 e. The maximum Gasteiger partial charge on any atom is 0.244 e. The maximum atomic E-state index is 13.3. The van der Waals surface area contributed by atoms with Gasteiger partial charge in [-0.2, -0.15) is 0 Å². The summed E-state index contributed by atoms with van der Waals surface area (Å²) in [5.74, 6) is -0.740. The van der Waals surface area contributed by atoms with E-state index in [-0.39, 0.29) is 12.5 Å². The van der Waals surface area contributed by atoms with Gasteiger partial charge in [-0.15, -0.1) is 0 Å². The van der Waals surface area contributed by atoms with Crippen LogP contribution in [0.1, 0.15) is 23.6 Å². The zero-order chi connectivity index (χ0) is 23.2. The van der Waals surface area contributed by atoms with Crippen molar-refractivity contribution in [1.29, 1.82) is 0 Å². The Bertz CT molecular complexity index is 1000. The summed E-state index contributed by atoms with van der Waals surface area (Å²) < 4.78 is 26.2. The lowest BCUT2D eigenvalue weighted by molar-refractivity contribution is -0.138. The fraction of sp³-hybridized carbons (Fsp3) is 0.391. The summed E-state index contributed by atoms with van der Waals surface area (Å²) in [5, 5.41) is 2.56. The highest BCUT2D eigenvalue weighted by atomic mass is 32.2. The van der Waals surface area contributed by atoms with E-state index in [0.717, 1.165) is 27.3 Å². The number of nitrogens with one attached hydrogen (secondary N) is 1. The monoisotopic (exact) mass is 445 g/mol. The van der Waals surface area contributed by atoms with E-state index >= 15 is 0 Å². The van der Waals surface area contributed by atoms with Gasteiger partial charge in [-0.1, -0.05) is 36.4 Å². The summed E-state index contributed by atoms with van der Waals surface area (Å²) in [7, 11) is -2.20. The molecular weight excluding hydrogens is 414 g/mol. The van der Waals surface area contributed by atoms with Gasteiger partial charge in [-0.05, 0) is 56.0 Å². The third-order valence-corrected chi connectivity index (χ3v) is 6.21. The molecule has 0 heterocycles. The van der Waals surface area contributed by atoms with Gasteiger partial charge in [0, 0.05) is 13.6 Å². The number of anilines is 1. The zero-order valence-corrected chi connectivity index (χ0v) is 19.6. The van der Waals surface area contributed by atoms with E-state index < -0.39 is 22.0 Å². The number of hydrogen-bond acceptors (Lipinski definition) is 4. The molecule has 0 fully saturated rings. The van der Waals surface area contributed by atoms with E-state index in [1.165, 1.54) is 11.9 Å². The Morgan fingerprint density at radius 2 is 1.61 bits per heavy atom. The molecule has 1 N–H and O–H groups in total. The van der Waals surface area contributed by atoms with Crippen LogP contribution in [0.2, 0.25) is 0 Å². The van der Waals surface area contributed by atoms with Crippen molar-refractivity contribution >= 4 is 27.5 Å². The Morgan fingerprint density at radius 3 is 2.13 bits per heavy atom. The molecule has 0 bridgehead atoms. The maximum absolute atomic E-state index is 13.3. The molecule has 7 nitrogen and oxygen atoms in total. The molecule has 0 spiro atoms. The van der Waals surface area contributed by atoms with Gasteiger partial charge < -0.3 is 10.2 Å². The van der Waals surface area contributed by atoms with Gasteiger partial charge in [0.2, 0.25) is 21.8 Å². The van der Waals surface area contributed by atoms with E-state index in [2.05, 4.69) is 5.32 Å². The van der Waals surface area contributed by atoms with Crippen LogP contribution in [0.5, 0.6) is 0 Å². The van der Waals surface area contributed by atoms with Crippen LogP contribution in [-0.2, 0) is 26.0 Å². The van der Waals surface area contributed by atoms with Crippen molar-refractivity contribution in [2.75, 3.05) is 30.7 Å². The van der Waals surface area contributed by atoms with E-state index in [9.17, 15) is 18.0 Å². The molecule has 2 aromatic rings.